The van der Waals surface area contributed by atoms with E-state index in [1.54, 1.807) is 11.9 Å². The summed E-state index contributed by atoms with van der Waals surface area (Å²) in [6.45, 7) is 14.5. The largest absolute Gasteiger partial charge is 0.392 e. The van der Waals surface area contributed by atoms with Crippen LogP contribution in [0.1, 0.15) is 36.2 Å². The molecule has 1 fully saturated rings. The maximum absolute atomic E-state index is 11.9. The van der Waals surface area contributed by atoms with Gasteiger partial charge in [0.15, 0.2) is 6.29 Å². The van der Waals surface area contributed by atoms with Crippen molar-refractivity contribution in [3.63, 3.8) is 0 Å². The van der Waals surface area contributed by atoms with Gasteiger partial charge < -0.3 is 20.4 Å². The standard InChI is InChI=1S/C24H28N4OS.C10H18N2O/c1-4-5-12-30-28-16-18(2)24-21(17-29)13-20(14-22(24)28)19-6-7-23(25-15-19)27-10-8-26(3)9-11-27;1-8(5-9(2)12-4)10(7-13)6-11-3/h4,6-7,13-17H,1,5,8-12H2,2-3H3;5,7,11-12H,6H2,1-4H3/b;9-5-,10-8-. The van der Waals surface area contributed by atoms with Gasteiger partial charge in [0.1, 0.15) is 12.1 Å². The van der Waals surface area contributed by atoms with Crippen LogP contribution in [0, 0.1) is 6.92 Å². The van der Waals surface area contributed by atoms with Crippen LogP contribution in [0.5, 0.6) is 0 Å². The van der Waals surface area contributed by atoms with Crippen molar-refractivity contribution < 1.29 is 9.59 Å². The van der Waals surface area contributed by atoms with Crippen LogP contribution in [0.15, 0.2) is 72.2 Å². The number of piperazine rings is 1. The molecule has 2 aromatic heterocycles. The number of carbonyl (C=O) groups excluding carboxylic acids is 2. The molecule has 1 aromatic carbocycles. The number of pyridine rings is 1. The average molecular weight is 603 g/mol. The number of aromatic nitrogens is 2. The highest BCUT2D eigenvalue weighted by atomic mass is 32.2. The fourth-order valence-corrected chi connectivity index (χ4v) is 5.88. The third kappa shape index (κ3) is 9.16. The second-order valence-electron chi connectivity index (χ2n) is 10.8. The molecule has 0 amide bonds. The predicted molar refractivity (Wildman–Crippen MR) is 183 cm³/mol. The van der Waals surface area contributed by atoms with E-state index in [0.29, 0.717) is 6.54 Å². The molecule has 4 rings (SSSR count). The number of benzene rings is 1. The van der Waals surface area contributed by atoms with Crippen molar-refractivity contribution in [2.75, 3.05) is 64.5 Å². The summed E-state index contributed by atoms with van der Waals surface area (Å²) in [6.07, 6.45) is 10.7. The van der Waals surface area contributed by atoms with Crippen LogP contribution in [-0.2, 0) is 4.79 Å². The lowest BCUT2D eigenvalue weighted by molar-refractivity contribution is -0.105. The number of nitrogens with zero attached hydrogens (tertiary/aromatic N) is 4. The van der Waals surface area contributed by atoms with Crippen molar-refractivity contribution in [1.82, 2.24) is 24.5 Å². The number of aldehydes is 2. The first-order valence-corrected chi connectivity index (χ1v) is 15.6. The Labute approximate surface area is 261 Å². The van der Waals surface area contributed by atoms with Gasteiger partial charge in [-0.2, -0.15) is 0 Å². The number of rotatable bonds is 12. The van der Waals surface area contributed by atoms with E-state index in [1.165, 1.54) is 0 Å². The quantitative estimate of drug-likeness (QED) is 0.0926. The molecule has 3 heterocycles. The van der Waals surface area contributed by atoms with Crippen LogP contribution in [0.2, 0.25) is 0 Å². The molecular formula is C34H46N6O2S. The normalized spacial score (nSPS) is 14.6. The lowest BCUT2D eigenvalue weighted by Crippen LogP contribution is -2.44. The SMILES string of the molecule is C=CCCSn1cc(C)c2c(C=O)cc(-c3ccc(N4CCN(C)CC4)nc3)cc21.CNC/C(C=O)=C(C)/C=C(/C)NC. The average Bonchev–Trinajstić information content (AvgIpc) is 3.35. The monoisotopic (exact) mass is 602 g/mol. The summed E-state index contributed by atoms with van der Waals surface area (Å²) in [5.74, 6) is 1.97. The van der Waals surface area contributed by atoms with Gasteiger partial charge in [-0.15, -0.1) is 6.58 Å². The second kappa shape index (κ2) is 16.8. The van der Waals surface area contributed by atoms with Gasteiger partial charge in [0, 0.05) is 85.7 Å². The van der Waals surface area contributed by atoms with Crippen molar-refractivity contribution in [1.29, 1.82) is 0 Å². The van der Waals surface area contributed by atoms with E-state index < -0.39 is 0 Å². The van der Waals surface area contributed by atoms with Gasteiger partial charge in [-0.05, 0) is 100 Å². The minimum absolute atomic E-state index is 0.614. The minimum atomic E-state index is 0.614. The predicted octanol–water partition coefficient (Wildman–Crippen LogP) is 5.49. The molecule has 43 heavy (non-hydrogen) atoms. The Bertz CT molecular complexity index is 1450. The van der Waals surface area contributed by atoms with Gasteiger partial charge in [0.25, 0.3) is 0 Å². The number of likely N-dealkylation sites (N-methyl/N-ethyl adjacent to an activating group) is 2. The highest BCUT2D eigenvalue weighted by molar-refractivity contribution is 7.97. The van der Waals surface area contributed by atoms with Crippen LogP contribution in [0.25, 0.3) is 22.0 Å². The van der Waals surface area contributed by atoms with E-state index in [4.69, 9.17) is 4.98 Å². The molecule has 0 saturated carbocycles. The summed E-state index contributed by atoms with van der Waals surface area (Å²) in [5, 5.41) is 6.99. The second-order valence-corrected chi connectivity index (χ2v) is 11.8. The number of hydrogen-bond acceptors (Lipinski definition) is 8. The van der Waals surface area contributed by atoms with Crippen LogP contribution in [-0.4, -0.2) is 86.0 Å². The first-order chi connectivity index (χ1) is 20.8. The van der Waals surface area contributed by atoms with E-state index in [1.807, 2.05) is 52.4 Å². The van der Waals surface area contributed by atoms with Crippen molar-refractivity contribution >= 4 is 41.2 Å². The Balaban J connectivity index is 0.000000331. The molecule has 0 spiro atoms. The molecular weight excluding hydrogens is 556 g/mol. The Morgan fingerprint density at radius 2 is 1.84 bits per heavy atom. The molecule has 2 N–H and O–H groups in total. The topological polar surface area (TPSA) is 82.5 Å². The molecule has 1 saturated heterocycles. The third-order valence-electron chi connectivity index (χ3n) is 7.52. The number of hydrogen-bond donors (Lipinski definition) is 2. The van der Waals surface area contributed by atoms with Gasteiger partial charge in [0.05, 0.1) is 5.52 Å². The zero-order valence-electron chi connectivity index (χ0n) is 26.4. The summed E-state index contributed by atoms with van der Waals surface area (Å²) in [5.41, 5.74) is 7.80. The number of fused-ring (bicyclic) bond motifs is 1. The Morgan fingerprint density at radius 1 is 1.09 bits per heavy atom. The minimum Gasteiger partial charge on any atom is -0.392 e. The smallest absolute Gasteiger partial charge is 0.150 e. The molecule has 0 aliphatic carbocycles. The number of carbonyl (C=O) groups is 2. The van der Waals surface area contributed by atoms with E-state index in [-0.39, 0.29) is 0 Å². The highest BCUT2D eigenvalue weighted by Crippen LogP contribution is 2.33. The highest BCUT2D eigenvalue weighted by Gasteiger charge is 2.16. The van der Waals surface area contributed by atoms with Gasteiger partial charge in [-0.3, -0.25) is 13.6 Å². The van der Waals surface area contributed by atoms with Crippen molar-refractivity contribution in [3.8, 4) is 11.1 Å². The zero-order valence-corrected chi connectivity index (χ0v) is 27.3. The maximum atomic E-state index is 11.9. The Morgan fingerprint density at radius 3 is 2.42 bits per heavy atom. The molecule has 0 radical (unpaired) electrons. The zero-order chi connectivity index (χ0) is 31.4. The number of allylic oxidation sites excluding steroid dienone is 4. The van der Waals surface area contributed by atoms with E-state index in [9.17, 15) is 9.59 Å². The summed E-state index contributed by atoms with van der Waals surface area (Å²) < 4.78 is 2.18. The molecule has 230 valence electrons. The first kappa shape index (κ1) is 33.8. The van der Waals surface area contributed by atoms with Gasteiger partial charge in [0.2, 0.25) is 0 Å². The summed E-state index contributed by atoms with van der Waals surface area (Å²) in [7, 11) is 5.84. The fraction of sp³-hybridized carbons (Fsp3) is 0.382. The van der Waals surface area contributed by atoms with Crippen LogP contribution in [0.4, 0.5) is 5.82 Å². The molecule has 0 unspecified atom stereocenters. The van der Waals surface area contributed by atoms with Crippen molar-refractivity contribution in [2.45, 2.75) is 27.2 Å². The molecule has 8 nitrogen and oxygen atoms in total. The van der Waals surface area contributed by atoms with Gasteiger partial charge >= 0.3 is 0 Å². The molecule has 0 atom stereocenters. The summed E-state index contributed by atoms with van der Waals surface area (Å²) in [4.78, 5) is 31.9. The van der Waals surface area contributed by atoms with Crippen LogP contribution >= 0.6 is 11.9 Å². The molecule has 3 aromatic rings. The number of aryl methyl sites for hydroxylation is 1. The Kier molecular flexibility index (Phi) is 13.3. The maximum Gasteiger partial charge on any atom is 0.150 e. The van der Waals surface area contributed by atoms with Gasteiger partial charge in [-0.1, -0.05) is 6.08 Å². The third-order valence-corrected chi connectivity index (χ3v) is 8.52. The number of anilines is 1. The Hall–Kier alpha value is -3.66. The molecule has 1 aliphatic rings. The van der Waals surface area contributed by atoms with Gasteiger partial charge in [-0.25, -0.2) is 4.98 Å². The van der Waals surface area contributed by atoms with Crippen LogP contribution < -0.4 is 15.5 Å². The van der Waals surface area contributed by atoms with Crippen molar-refractivity contribution in [2.24, 2.45) is 0 Å². The van der Waals surface area contributed by atoms with E-state index in [0.717, 1.165) is 107 Å². The molecule has 9 heteroatoms. The van der Waals surface area contributed by atoms with E-state index >= 15 is 0 Å². The molecule has 1 aliphatic heterocycles. The lowest BCUT2D eigenvalue weighted by Gasteiger charge is -2.33. The first-order valence-electron chi connectivity index (χ1n) is 14.7. The van der Waals surface area contributed by atoms with Crippen LogP contribution in [0.3, 0.4) is 0 Å². The summed E-state index contributed by atoms with van der Waals surface area (Å²) >= 11 is 1.74. The van der Waals surface area contributed by atoms with E-state index in [2.05, 4.69) is 69.4 Å². The lowest BCUT2D eigenvalue weighted by atomic mass is 10.0. The fourth-order valence-electron chi connectivity index (χ4n) is 4.90. The summed E-state index contributed by atoms with van der Waals surface area (Å²) in [6, 6.07) is 8.35. The molecule has 0 bridgehead atoms. The number of nitrogens with one attached hydrogen (secondary N) is 2. The van der Waals surface area contributed by atoms with Crippen molar-refractivity contribution in [3.05, 3.63) is 83.4 Å².